The SMILES string of the molecule is CN(c1ccc(Cl)c(Cl)c1)c1nc2cnn(CCN3CCN(C(=O)OC(C)(C)C)CC3)c2c(=O)[nH]1. The van der Waals surface area contributed by atoms with E-state index in [0.717, 1.165) is 18.8 Å². The number of nitrogens with zero attached hydrogens (tertiary/aromatic N) is 6. The Labute approximate surface area is 213 Å². The van der Waals surface area contributed by atoms with E-state index in [4.69, 9.17) is 27.9 Å². The number of halogens is 2. The average molecular weight is 522 g/mol. The Morgan fingerprint density at radius 3 is 2.51 bits per heavy atom. The summed E-state index contributed by atoms with van der Waals surface area (Å²) in [6, 6.07) is 5.20. The molecular formula is C23H29Cl2N7O3. The molecule has 1 fully saturated rings. The van der Waals surface area contributed by atoms with Crippen LogP contribution in [0.1, 0.15) is 20.8 Å². The second kappa shape index (κ2) is 10.0. The third-order valence-corrected chi connectivity index (χ3v) is 6.49. The number of carbonyl (C=O) groups is 1. The number of rotatable bonds is 5. The fourth-order valence-corrected chi connectivity index (χ4v) is 4.15. The monoisotopic (exact) mass is 521 g/mol. The van der Waals surface area contributed by atoms with Crippen LogP contribution in [0.15, 0.2) is 29.2 Å². The van der Waals surface area contributed by atoms with E-state index in [1.54, 1.807) is 45.9 Å². The molecule has 0 radical (unpaired) electrons. The van der Waals surface area contributed by atoms with Crippen LogP contribution in [0.25, 0.3) is 11.0 Å². The highest BCUT2D eigenvalue weighted by Gasteiger charge is 2.26. The van der Waals surface area contributed by atoms with Crippen molar-refractivity contribution in [3.8, 4) is 0 Å². The van der Waals surface area contributed by atoms with Gasteiger partial charge in [-0.15, -0.1) is 0 Å². The summed E-state index contributed by atoms with van der Waals surface area (Å²) in [5.74, 6) is 0.374. The first kappa shape index (κ1) is 25.3. The van der Waals surface area contributed by atoms with Gasteiger partial charge in [0.25, 0.3) is 5.56 Å². The molecule has 4 rings (SSSR count). The van der Waals surface area contributed by atoms with Crippen molar-refractivity contribution in [2.75, 3.05) is 44.7 Å². The van der Waals surface area contributed by atoms with E-state index in [1.807, 2.05) is 20.8 Å². The summed E-state index contributed by atoms with van der Waals surface area (Å²) in [6.45, 7) is 9.47. The number of amides is 1. The molecule has 1 N–H and O–H groups in total. The minimum Gasteiger partial charge on any atom is -0.444 e. The summed E-state index contributed by atoms with van der Waals surface area (Å²) in [5.41, 5.74) is 0.880. The predicted molar refractivity (Wildman–Crippen MR) is 137 cm³/mol. The number of hydrogen-bond donors (Lipinski definition) is 1. The van der Waals surface area contributed by atoms with Gasteiger partial charge in [-0.25, -0.2) is 9.78 Å². The van der Waals surface area contributed by atoms with Crippen LogP contribution in [0.4, 0.5) is 16.4 Å². The van der Waals surface area contributed by atoms with Crippen LogP contribution in [0, 0.1) is 0 Å². The Morgan fingerprint density at radius 2 is 1.86 bits per heavy atom. The summed E-state index contributed by atoms with van der Waals surface area (Å²) in [7, 11) is 1.78. The van der Waals surface area contributed by atoms with Crippen molar-refractivity contribution in [1.29, 1.82) is 0 Å². The third kappa shape index (κ3) is 5.88. The molecule has 0 aliphatic carbocycles. The zero-order valence-electron chi connectivity index (χ0n) is 20.2. The lowest BCUT2D eigenvalue weighted by atomic mass is 10.2. The van der Waals surface area contributed by atoms with Gasteiger partial charge in [-0.3, -0.25) is 19.4 Å². The number of hydrogen-bond acceptors (Lipinski definition) is 7. The smallest absolute Gasteiger partial charge is 0.410 e. The van der Waals surface area contributed by atoms with E-state index in [0.29, 0.717) is 53.2 Å². The predicted octanol–water partition coefficient (Wildman–Crippen LogP) is 3.75. The van der Waals surface area contributed by atoms with Crippen molar-refractivity contribution in [1.82, 2.24) is 29.5 Å². The van der Waals surface area contributed by atoms with Gasteiger partial charge < -0.3 is 14.5 Å². The number of fused-ring (bicyclic) bond motifs is 1. The van der Waals surface area contributed by atoms with Crippen LogP contribution in [0.3, 0.4) is 0 Å². The number of ether oxygens (including phenoxy) is 1. The van der Waals surface area contributed by atoms with Crippen molar-refractivity contribution in [2.45, 2.75) is 32.9 Å². The molecule has 1 saturated heterocycles. The van der Waals surface area contributed by atoms with Crippen LogP contribution in [0.5, 0.6) is 0 Å². The first-order chi connectivity index (χ1) is 16.5. The maximum atomic E-state index is 12.9. The third-order valence-electron chi connectivity index (χ3n) is 5.75. The zero-order valence-corrected chi connectivity index (χ0v) is 21.7. The van der Waals surface area contributed by atoms with E-state index in [1.165, 1.54) is 0 Å². The highest BCUT2D eigenvalue weighted by molar-refractivity contribution is 6.42. The quantitative estimate of drug-likeness (QED) is 0.545. The largest absolute Gasteiger partial charge is 0.444 e. The fourth-order valence-electron chi connectivity index (χ4n) is 3.85. The van der Waals surface area contributed by atoms with Gasteiger partial charge in [-0.1, -0.05) is 23.2 Å². The van der Waals surface area contributed by atoms with Crippen LogP contribution in [-0.4, -0.2) is 81.0 Å². The van der Waals surface area contributed by atoms with Crippen LogP contribution in [-0.2, 0) is 11.3 Å². The molecule has 1 aliphatic rings. The van der Waals surface area contributed by atoms with Crippen LogP contribution in [0.2, 0.25) is 10.0 Å². The lowest BCUT2D eigenvalue weighted by Gasteiger charge is -2.35. The summed E-state index contributed by atoms with van der Waals surface area (Å²) in [4.78, 5) is 38.3. The molecule has 1 aromatic carbocycles. The highest BCUT2D eigenvalue weighted by Crippen LogP contribution is 2.29. The van der Waals surface area contributed by atoms with Crippen molar-refractivity contribution in [3.63, 3.8) is 0 Å². The number of anilines is 2. The molecule has 10 nitrogen and oxygen atoms in total. The molecule has 0 atom stereocenters. The minimum absolute atomic E-state index is 0.274. The van der Waals surface area contributed by atoms with Gasteiger partial charge >= 0.3 is 6.09 Å². The van der Waals surface area contributed by atoms with Crippen LogP contribution < -0.4 is 10.5 Å². The molecule has 3 aromatic rings. The second-order valence-corrected chi connectivity index (χ2v) is 10.3. The van der Waals surface area contributed by atoms with Crippen molar-refractivity contribution in [3.05, 3.63) is 44.8 Å². The Bertz CT molecular complexity index is 1280. The van der Waals surface area contributed by atoms with Gasteiger partial charge in [0.1, 0.15) is 11.1 Å². The lowest BCUT2D eigenvalue weighted by molar-refractivity contribution is 0.0142. The number of piperazine rings is 1. The van der Waals surface area contributed by atoms with Gasteiger partial charge in [0, 0.05) is 45.5 Å². The fraction of sp³-hybridized carbons (Fsp3) is 0.478. The van der Waals surface area contributed by atoms with Crippen molar-refractivity contribution < 1.29 is 9.53 Å². The number of carbonyl (C=O) groups excluding carboxylic acids is 1. The first-order valence-corrected chi connectivity index (χ1v) is 12.1. The minimum atomic E-state index is -0.507. The van der Waals surface area contributed by atoms with Gasteiger partial charge in [0.15, 0.2) is 5.52 Å². The van der Waals surface area contributed by atoms with Gasteiger partial charge in [-0.05, 0) is 39.0 Å². The molecule has 2 aromatic heterocycles. The Kier molecular flexibility index (Phi) is 7.25. The number of H-pyrrole nitrogens is 1. The molecule has 0 unspecified atom stereocenters. The van der Waals surface area contributed by atoms with Crippen molar-refractivity contribution in [2.24, 2.45) is 0 Å². The number of nitrogens with one attached hydrogen (secondary N) is 1. The van der Waals surface area contributed by atoms with E-state index in [-0.39, 0.29) is 11.7 Å². The van der Waals surface area contributed by atoms with Crippen molar-refractivity contribution >= 4 is 52.0 Å². The van der Waals surface area contributed by atoms with Gasteiger partial charge in [0.2, 0.25) is 5.95 Å². The molecule has 0 spiro atoms. The number of aromatic amines is 1. The molecule has 1 aliphatic heterocycles. The summed E-state index contributed by atoms with van der Waals surface area (Å²) in [5, 5.41) is 5.26. The van der Waals surface area contributed by atoms with E-state index < -0.39 is 5.60 Å². The molecule has 1 amide bonds. The normalized spacial score (nSPS) is 15.0. The maximum Gasteiger partial charge on any atom is 0.410 e. The van der Waals surface area contributed by atoms with Crippen LogP contribution >= 0.6 is 23.2 Å². The Hall–Kier alpha value is -2.82. The first-order valence-electron chi connectivity index (χ1n) is 11.4. The number of benzene rings is 1. The summed E-state index contributed by atoms with van der Waals surface area (Å²) >= 11 is 12.1. The Balaban J connectivity index is 1.40. The van der Waals surface area contributed by atoms with E-state index in [2.05, 4.69) is 20.0 Å². The zero-order chi connectivity index (χ0) is 25.3. The average Bonchev–Trinajstić information content (AvgIpc) is 3.22. The Morgan fingerprint density at radius 1 is 1.14 bits per heavy atom. The summed E-state index contributed by atoms with van der Waals surface area (Å²) < 4.78 is 7.12. The molecule has 0 saturated carbocycles. The van der Waals surface area contributed by atoms with Gasteiger partial charge in [0.05, 0.1) is 22.8 Å². The second-order valence-electron chi connectivity index (χ2n) is 9.46. The topological polar surface area (TPSA) is 99.6 Å². The van der Waals surface area contributed by atoms with E-state index >= 15 is 0 Å². The maximum absolute atomic E-state index is 12.9. The lowest BCUT2D eigenvalue weighted by Crippen LogP contribution is -2.50. The molecule has 0 bridgehead atoms. The number of aromatic nitrogens is 4. The highest BCUT2D eigenvalue weighted by atomic mass is 35.5. The van der Waals surface area contributed by atoms with E-state index in [9.17, 15) is 9.59 Å². The van der Waals surface area contributed by atoms with Gasteiger partial charge in [-0.2, -0.15) is 5.10 Å². The molecule has 35 heavy (non-hydrogen) atoms. The molecule has 3 heterocycles. The molecule has 188 valence electrons. The molecule has 12 heteroatoms. The standard InChI is InChI=1S/C23H29Cl2N7O3/c1-23(2,3)35-22(34)31-10-7-30(8-11-31)9-12-32-19-18(14-26-32)27-21(28-20(19)33)29(4)15-5-6-16(24)17(25)13-15/h5-6,13-14H,7-12H2,1-4H3,(H,27,28,33). The molecular weight excluding hydrogens is 493 g/mol. The summed E-state index contributed by atoms with van der Waals surface area (Å²) in [6.07, 6.45) is 1.31.